The van der Waals surface area contributed by atoms with E-state index in [-0.39, 0.29) is 22.7 Å². The van der Waals surface area contributed by atoms with Crippen LogP contribution in [0.25, 0.3) is 0 Å². The third-order valence-electron chi connectivity index (χ3n) is 6.31. The Kier molecular flexibility index (Phi) is 4.38. The molecule has 0 aromatic heterocycles. The molecule has 4 aliphatic carbocycles. The molecule has 140 valence electrons. The Bertz CT molecular complexity index is 713. The zero-order chi connectivity index (χ0) is 18.5. The average molecular weight is 377 g/mol. The zero-order valence-corrected chi connectivity index (χ0v) is 15.7. The Morgan fingerprint density at radius 3 is 2.31 bits per heavy atom. The van der Waals surface area contributed by atoms with Gasteiger partial charge in [-0.05, 0) is 81.4 Å². The summed E-state index contributed by atoms with van der Waals surface area (Å²) in [7, 11) is 0. The number of hydrogen-bond acceptors (Lipinski definition) is 4. The van der Waals surface area contributed by atoms with Crippen LogP contribution in [0.2, 0.25) is 5.02 Å². The van der Waals surface area contributed by atoms with Gasteiger partial charge in [0, 0.05) is 16.2 Å². The van der Waals surface area contributed by atoms with Gasteiger partial charge in [0.25, 0.3) is 5.91 Å². The molecule has 0 radical (unpaired) electrons. The van der Waals surface area contributed by atoms with Gasteiger partial charge in [0.15, 0.2) is 6.10 Å². The molecule has 3 N–H and O–H groups in total. The topological polar surface area (TPSA) is 81.4 Å². The van der Waals surface area contributed by atoms with Crippen molar-refractivity contribution in [3.8, 4) is 0 Å². The van der Waals surface area contributed by atoms with Gasteiger partial charge in [-0.3, -0.25) is 4.79 Å². The molecule has 5 nitrogen and oxygen atoms in total. The second-order valence-corrected chi connectivity index (χ2v) is 8.90. The van der Waals surface area contributed by atoms with Crippen LogP contribution in [0.15, 0.2) is 18.2 Å². The third kappa shape index (κ3) is 3.29. The predicted molar refractivity (Wildman–Crippen MR) is 99.8 cm³/mol. The number of nitrogen functional groups attached to an aromatic ring is 1. The van der Waals surface area contributed by atoms with E-state index in [0.717, 1.165) is 37.0 Å². The standard InChI is InChI=1S/C20H25ClN2O3/c1-11(26-19(25)16-3-2-15(21)7-17(16)22)18(24)23-20-8-12-4-13(9-20)6-14(5-12)10-20/h2-3,7,11-14H,4-6,8-10,22H2,1H3,(H,23,24)/t11-,12?,13?,14?,20?/m0/s1. The van der Waals surface area contributed by atoms with Crippen molar-refractivity contribution in [2.24, 2.45) is 17.8 Å². The molecular weight excluding hydrogens is 352 g/mol. The molecule has 4 aliphatic rings. The number of rotatable bonds is 4. The summed E-state index contributed by atoms with van der Waals surface area (Å²) in [4.78, 5) is 25.0. The summed E-state index contributed by atoms with van der Waals surface area (Å²) >= 11 is 5.85. The fourth-order valence-corrected chi connectivity index (χ4v) is 5.80. The number of benzene rings is 1. The summed E-state index contributed by atoms with van der Waals surface area (Å²) < 4.78 is 5.36. The minimum absolute atomic E-state index is 0.0915. The van der Waals surface area contributed by atoms with Gasteiger partial charge in [-0.1, -0.05) is 11.6 Å². The summed E-state index contributed by atoms with van der Waals surface area (Å²) in [6.07, 6.45) is 6.28. The second-order valence-electron chi connectivity index (χ2n) is 8.47. The van der Waals surface area contributed by atoms with Gasteiger partial charge in [-0.2, -0.15) is 0 Å². The van der Waals surface area contributed by atoms with Crippen molar-refractivity contribution in [3.63, 3.8) is 0 Å². The lowest BCUT2D eigenvalue weighted by atomic mass is 9.53. The van der Waals surface area contributed by atoms with Crippen LogP contribution in [0, 0.1) is 17.8 Å². The normalized spacial score (nSPS) is 32.9. The van der Waals surface area contributed by atoms with Crippen LogP contribution in [0.1, 0.15) is 55.8 Å². The van der Waals surface area contributed by atoms with E-state index in [1.54, 1.807) is 13.0 Å². The van der Waals surface area contributed by atoms with Crippen molar-refractivity contribution in [3.05, 3.63) is 28.8 Å². The molecule has 0 spiro atoms. The number of halogens is 1. The Morgan fingerprint density at radius 2 is 1.77 bits per heavy atom. The molecule has 5 rings (SSSR count). The lowest BCUT2D eigenvalue weighted by molar-refractivity contribution is -0.134. The van der Waals surface area contributed by atoms with Gasteiger partial charge >= 0.3 is 5.97 Å². The number of ether oxygens (including phenoxy) is 1. The van der Waals surface area contributed by atoms with Crippen LogP contribution < -0.4 is 11.1 Å². The first-order chi connectivity index (χ1) is 12.3. The summed E-state index contributed by atoms with van der Waals surface area (Å²) in [5.74, 6) is 1.41. The quantitative estimate of drug-likeness (QED) is 0.622. The largest absolute Gasteiger partial charge is 0.449 e. The maximum Gasteiger partial charge on any atom is 0.341 e. The van der Waals surface area contributed by atoms with Crippen LogP contribution in [0.4, 0.5) is 5.69 Å². The van der Waals surface area contributed by atoms with Crippen LogP contribution in [-0.4, -0.2) is 23.5 Å². The number of hydrogen-bond donors (Lipinski definition) is 2. The Morgan fingerprint density at radius 1 is 1.19 bits per heavy atom. The van der Waals surface area contributed by atoms with E-state index >= 15 is 0 Å². The summed E-state index contributed by atoms with van der Waals surface area (Å²) in [6.45, 7) is 1.61. The number of esters is 1. The van der Waals surface area contributed by atoms with Gasteiger partial charge < -0.3 is 15.8 Å². The average Bonchev–Trinajstić information content (AvgIpc) is 2.52. The van der Waals surface area contributed by atoms with Crippen molar-refractivity contribution >= 4 is 29.2 Å². The molecule has 1 aromatic carbocycles. The predicted octanol–water partition coefficient (Wildman–Crippen LogP) is 3.55. The minimum Gasteiger partial charge on any atom is -0.449 e. The van der Waals surface area contributed by atoms with E-state index in [9.17, 15) is 9.59 Å². The summed E-state index contributed by atoms with van der Waals surface area (Å²) in [5.41, 5.74) is 6.20. The maximum absolute atomic E-state index is 12.7. The lowest BCUT2D eigenvalue weighted by Crippen LogP contribution is -2.61. The number of anilines is 1. The highest BCUT2D eigenvalue weighted by molar-refractivity contribution is 6.31. The molecule has 0 heterocycles. The first kappa shape index (κ1) is 17.7. The first-order valence-electron chi connectivity index (χ1n) is 9.41. The first-order valence-corrected chi connectivity index (χ1v) is 9.79. The second kappa shape index (κ2) is 6.45. The van der Waals surface area contributed by atoms with Crippen molar-refractivity contribution in [2.75, 3.05) is 5.73 Å². The summed E-state index contributed by atoms with van der Waals surface area (Å²) in [5, 5.41) is 3.69. The van der Waals surface area contributed by atoms with Crippen molar-refractivity contribution in [2.45, 2.75) is 57.1 Å². The Labute approximate surface area is 158 Å². The highest BCUT2D eigenvalue weighted by Crippen LogP contribution is 2.55. The van der Waals surface area contributed by atoms with Gasteiger partial charge in [0.2, 0.25) is 0 Å². The van der Waals surface area contributed by atoms with Crippen LogP contribution >= 0.6 is 11.6 Å². The third-order valence-corrected chi connectivity index (χ3v) is 6.55. The number of nitrogens with two attached hydrogens (primary N) is 1. The Balaban J connectivity index is 1.40. The summed E-state index contributed by atoms with van der Waals surface area (Å²) in [6, 6.07) is 4.59. The fourth-order valence-electron chi connectivity index (χ4n) is 5.62. The molecule has 4 fully saturated rings. The molecular formula is C20H25ClN2O3. The molecule has 1 aromatic rings. The van der Waals surface area contributed by atoms with Gasteiger partial charge in [0.1, 0.15) is 0 Å². The highest BCUT2D eigenvalue weighted by atomic mass is 35.5. The molecule has 4 bridgehead atoms. The van der Waals surface area contributed by atoms with E-state index in [1.165, 1.54) is 31.4 Å². The van der Waals surface area contributed by atoms with E-state index in [2.05, 4.69) is 5.32 Å². The zero-order valence-electron chi connectivity index (χ0n) is 15.0. The van der Waals surface area contributed by atoms with E-state index in [1.807, 2.05) is 0 Å². The fraction of sp³-hybridized carbons (Fsp3) is 0.600. The molecule has 6 heteroatoms. The number of amides is 1. The highest BCUT2D eigenvalue weighted by Gasteiger charge is 2.51. The molecule has 4 saturated carbocycles. The molecule has 0 aliphatic heterocycles. The molecule has 1 atom stereocenters. The number of carbonyl (C=O) groups excluding carboxylic acids is 2. The minimum atomic E-state index is -0.856. The van der Waals surface area contributed by atoms with Gasteiger partial charge in [-0.25, -0.2) is 4.79 Å². The monoisotopic (exact) mass is 376 g/mol. The SMILES string of the molecule is C[C@H](OC(=O)c1ccc(Cl)cc1N)C(=O)NC12CC3CC(CC(C3)C1)C2. The van der Waals surface area contributed by atoms with Crippen molar-refractivity contribution in [1.82, 2.24) is 5.32 Å². The number of carbonyl (C=O) groups is 2. The smallest absolute Gasteiger partial charge is 0.341 e. The van der Waals surface area contributed by atoms with E-state index in [0.29, 0.717) is 5.02 Å². The molecule has 1 amide bonds. The maximum atomic E-state index is 12.7. The molecule has 0 unspecified atom stereocenters. The van der Waals surface area contributed by atoms with Gasteiger partial charge in [0.05, 0.1) is 5.56 Å². The van der Waals surface area contributed by atoms with Crippen LogP contribution in [-0.2, 0) is 9.53 Å². The van der Waals surface area contributed by atoms with Crippen LogP contribution in [0.3, 0.4) is 0 Å². The molecule has 0 saturated heterocycles. The van der Waals surface area contributed by atoms with Gasteiger partial charge in [-0.15, -0.1) is 0 Å². The number of nitrogens with one attached hydrogen (secondary N) is 1. The Hall–Kier alpha value is -1.75. The van der Waals surface area contributed by atoms with E-state index < -0.39 is 12.1 Å². The lowest BCUT2D eigenvalue weighted by Gasteiger charge is -2.57. The molecule has 26 heavy (non-hydrogen) atoms. The van der Waals surface area contributed by atoms with E-state index in [4.69, 9.17) is 22.1 Å². The van der Waals surface area contributed by atoms with Crippen LogP contribution in [0.5, 0.6) is 0 Å². The van der Waals surface area contributed by atoms with Crippen molar-refractivity contribution < 1.29 is 14.3 Å². The van der Waals surface area contributed by atoms with Crippen molar-refractivity contribution in [1.29, 1.82) is 0 Å².